The van der Waals surface area contributed by atoms with Crippen LogP contribution in [-0.2, 0) is 16.6 Å². The molecule has 0 aromatic heterocycles. The lowest BCUT2D eigenvalue weighted by Gasteiger charge is -2.26. The summed E-state index contributed by atoms with van der Waals surface area (Å²) in [6, 6.07) is 4.89. The van der Waals surface area contributed by atoms with Crippen molar-refractivity contribution in [1.29, 1.82) is 0 Å². The molecule has 118 valence electrons. The van der Waals surface area contributed by atoms with Gasteiger partial charge in [-0.05, 0) is 58.3 Å². The number of rotatable bonds is 5. The van der Waals surface area contributed by atoms with Gasteiger partial charge in [-0.2, -0.15) is 4.31 Å². The molecule has 2 rings (SSSR count). The molecule has 1 fully saturated rings. The number of aliphatic hydroxyl groups is 1. The molecule has 1 aliphatic heterocycles. The summed E-state index contributed by atoms with van der Waals surface area (Å²) in [5.41, 5.74) is 0.809. The summed E-state index contributed by atoms with van der Waals surface area (Å²) in [6.45, 7) is 5.34. The van der Waals surface area contributed by atoms with Crippen LogP contribution in [0.1, 0.15) is 38.7 Å². The fourth-order valence-electron chi connectivity index (χ4n) is 2.92. The first-order chi connectivity index (χ1) is 9.88. The van der Waals surface area contributed by atoms with Crippen LogP contribution in [0.4, 0.5) is 0 Å². The Hall–Kier alpha value is -0.430. The molecule has 1 heterocycles. The topological polar surface area (TPSA) is 57.6 Å². The smallest absolute Gasteiger partial charge is 0.244 e. The van der Waals surface area contributed by atoms with Crippen molar-refractivity contribution in [2.45, 2.75) is 44.6 Å². The fourth-order valence-corrected chi connectivity index (χ4v) is 5.56. The van der Waals surface area contributed by atoms with E-state index in [0.717, 1.165) is 19.3 Å². The first kappa shape index (κ1) is 16.9. The van der Waals surface area contributed by atoms with Gasteiger partial charge in [0.1, 0.15) is 0 Å². The Kier molecular flexibility index (Phi) is 5.13. The largest absolute Gasteiger partial charge is 0.392 e. The molecule has 1 aliphatic rings. The van der Waals surface area contributed by atoms with Crippen LogP contribution >= 0.6 is 15.9 Å². The summed E-state index contributed by atoms with van der Waals surface area (Å²) >= 11 is 3.32. The minimum atomic E-state index is -3.48. The molecule has 4 nitrogen and oxygen atoms in total. The minimum Gasteiger partial charge on any atom is -0.392 e. The van der Waals surface area contributed by atoms with E-state index < -0.39 is 10.0 Å². The number of hydrogen-bond donors (Lipinski definition) is 1. The Morgan fingerprint density at radius 3 is 2.48 bits per heavy atom. The van der Waals surface area contributed by atoms with Gasteiger partial charge in [0.25, 0.3) is 0 Å². The van der Waals surface area contributed by atoms with Crippen molar-refractivity contribution in [1.82, 2.24) is 4.31 Å². The Balaban J connectivity index is 2.31. The van der Waals surface area contributed by atoms with E-state index in [-0.39, 0.29) is 16.9 Å². The molecule has 6 heteroatoms. The second-order valence-electron chi connectivity index (χ2n) is 5.72. The van der Waals surface area contributed by atoms with E-state index in [1.807, 2.05) is 0 Å². The number of nitrogens with zero attached hydrogens (tertiary/aromatic N) is 1. The average Bonchev–Trinajstić information content (AvgIpc) is 2.92. The second-order valence-corrected chi connectivity index (χ2v) is 8.48. The minimum absolute atomic E-state index is 0.0998. The fraction of sp³-hybridized carbons (Fsp3) is 0.600. The van der Waals surface area contributed by atoms with Gasteiger partial charge in [0, 0.05) is 17.6 Å². The summed E-state index contributed by atoms with van der Waals surface area (Å²) in [4.78, 5) is 0.280. The molecule has 0 spiro atoms. The molecular weight excluding hydrogens is 354 g/mol. The molecule has 0 radical (unpaired) electrons. The molecule has 1 aromatic rings. The number of benzene rings is 1. The Labute approximate surface area is 135 Å². The highest BCUT2D eigenvalue weighted by Gasteiger charge is 2.41. The van der Waals surface area contributed by atoms with Crippen LogP contribution in [0.15, 0.2) is 27.6 Å². The van der Waals surface area contributed by atoms with E-state index in [9.17, 15) is 8.42 Å². The quantitative estimate of drug-likeness (QED) is 0.859. The average molecular weight is 376 g/mol. The summed E-state index contributed by atoms with van der Waals surface area (Å²) in [7, 11) is -3.48. The third-order valence-electron chi connectivity index (χ3n) is 4.70. The first-order valence-corrected chi connectivity index (χ1v) is 9.51. The number of hydrogen-bond acceptors (Lipinski definition) is 3. The van der Waals surface area contributed by atoms with Crippen molar-refractivity contribution in [2.75, 3.05) is 13.1 Å². The SMILES string of the molecule is CCC1(CC)CCN(S(=O)(=O)c2ccc(CO)cc2Br)C1. The number of halogens is 1. The Morgan fingerprint density at radius 2 is 2.00 bits per heavy atom. The predicted octanol–water partition coefficient (Wildman–Crippen LogP) is 3.14. The zero-order valence-corrected chi connectivity index (χ0v) is 14.9. The van der Waals surface area contributed by atoms with Gasteiger partial charge in [0.05, 0.1) is 11.5 Å². The van der Waals surface area contributed by atoms with Crippen LogP contribution in [0.5, 0.6) is 0 Å². The molecular formula is C15H22BrNO3S. The molecule has 21 heavy (non-hydrogen) atoms. The monoisotopic (exact) mass is 375 g/mol. The van der Waals surface area contributed by atoms with Crippen LogP contribution in [0, 0.1) is 5.41 Å². The van der Waals surface area contributed by atoms with E-state index >= 15 is 0 Å². The standard InChI is InChI=1S/C15H22BrNO3S/c1-3-15(4-2)7-8-17(11-15)21(19,20)14-6-5-12(10-18)9-13(14)16/h5-6,9,18H,3-4,7-8,10-11H2,1-2H3. The highest BCUT2D eigenvalue weighted by Crippen LogP contribution is 2.40. The number of aliphatic hydroxyl groups excluding tert-OH is 1. The van der Waals surface area contributed by atoms with Gasteiger partial charge < -0.3 is 5.11 Å². The summed E-state index contributed by atoms with van der Waals surface area (Å²) in [6.07, 6.45) is 2.92. The first-order valence-electron chi connectivity index (χ1n) is 7.28. The molecule has 1 saturated heterocycles. The normalized spacial score (nSPS) is 19.0. The van der Waals surface area contributed by atoms with Gasteiger partial charge in [-0.3, -0.25) is 0 Å². The van der Waals surface area contributed by atoms with Crippen molar-refractivity contribution >= 4 is 26.0 Å². The van der Waals surface area contributed by atoms with Gasteiger partial charge >= 0.3 is 0 Å². The summed E-state index contributed by atoms with van der Waals surface area (Å²) < 4.78 is 27.7. The van der Waals surface area contributed by atoms with E-state index in [0.29, 0.717) is 23.1 Å². The van der Waals surface area contributed by atoms with Crippen molar-refractivity contribution in [3.63, 3.8) is 0 Å². The zero-order valence-electron chi connectivity index (χ0n) is 12.5. The van der Waals surface area contributed by atoms with Gasteiger partial charge in [-0.1, -0.05) is 19.9 Å². The van der Waals surface area contributed by atoms with Crippen LogP contribution < -0.4 is 0 Å². The van der Waals surface area contributed by atoms with E-state index in [1.165, 1.54) is 0 Å². The Bertz CT molecular complexity index is 611. The van der Waals surface area contributed by atoms with E-state index in [2.05, 4.69) is 29.8 Å². The highest BCUT2D eigenvalue weighted by molar-refractivity contribution is 9.10. The summed E-state index contributed by atoms with van der Waals surface area (Å²) in [5, 5.41) is 9.12. The van der Waals surface area contributed by atoms with Gasteiger partial charge in [0.15, 0.2) is 0 Å². The van der Waals surface area contributed by atoms with Gasteiger partial charge in [-0.15, -0.1) is 0 Å². The molecule has 0 atom stereocenters. The molecule has 1 N–H and O–H groups in total. The molecule has 0 amide bonds. The van der Waals surface area contributed by atoms with E-state index in [4.69, 9.17) is 5.11 Å². The lowest BCUT2D eigenvalue weighted by Crippen LogP contribution is -2.32. The maximum atomic E-state index is 12.8. The zero-order chi connectivity index (χ0) is 15.7. The van der Waals surface area contributed by atoms with Crippen LogP contribution in [0.25, 0.3) is 0 Å². The molecule has 0 bridgehead atoms. The summed E-state index contributed by atoms with van der Waals surface area (Å²) in [5.74, 6) is 0. The molecule has 0 saturated carbocycles. The third-order valence-corrected chi connectivity index (χ3v) is 7.52. The van der Waals surface area contributed by atoms with Gasteiger partial charge in [-0.25, -0.2) is 8.42 Å². The maximum Gasteiger partial charge on any atom is 0.244 e. The van der Waals surface area contributed by atoms with Gasteiger partial charge in [0.2, 0.25) is 10.0 Å². The van der Waals surface area contributed by atoms with Crippen LogP contribution in [0.2, 0.25) is 0 Å². The highest BCUT2D eigenvalue weighted by atomic mass is 79.9. The van der Waals surface area contributed by atoms with Crippen molar-refractivity contribution in [3.05, 3.63) is 28.2 Å². The maximum absolute atomic E-state index is 12.8. The lowest BCUT2D eigenvalue weighted by molar-refractivity contribution is 0.279. The van der Waals surface area contributed by atoms with Crippen molar-refractivity contribution < 1.29 is 13.5 Å². The van der Waals surface area contributed by atoms with Crippen LogP contribution in [-0.4, -0.2) is 30.9 Å². The number of sulfonamides is 1. The van der Waals surface area contributed by atoms with Crippen molar-refractivity contribution in [2.24, 2.45) is 5.41 Å². The second kappa shape index (κ2) is 6.36. The molecule has 0 unspecified atom stereocenters. The van der Waals surface area contributed by atoms with E-state index in [1.54, 1.807) is 22.5 Å². The third kappa shape index (κ3) is 3.18. The Morgan fingerprint density at radius 1 is 1.33 bits per heavy atom. The van der Waals surface area contributed by atoms with Crippen LogP contribution in [0.3, 0.4) is 0 Å². The predicted molar refractivity (Wildman–Crippen MR) is 86.5 cm³/mol. The molecule has 0 aliphatic carbocycles. The lowest BCUT2D eigenvalue weighted by atomic mass is 9.82. The molecule has 1 aromatic carbocycles. The van der Waals surface area contributed by atoms with Crippen molar-refractivity contribution in [3.8, 4) is 0 Å².